The molecular formula is C18H19N5O. The number of H-pyrrole nitrogens is 1. The number of anilines is 1. The Morgan fingerprint density at radius 3 is 3.04 bits per heavy atom. The van der Waals surface area contributed by atoms with Crippen molar-refractivity contribution in [2.45, 2.75) is 6.42 Å². The van der Waals surface area contributed by atoms with Crippen LogP contribution < -0.4 is 10.6 Å². The van der Waals surface area contributed by atoms with Crippen LogP contribution in [0.1, 0.15) is 16.1 Å². The van der Waals surface area contributed by atoms with Crippen molar-refractivity contribution in [3.63, 3.8) is 0 Å². The summed E-state index contributed by atoms with van der Waals surface area (Å²) >= 11 is 0. The Hall–Kier alpha value is -3.15. The van der Waals surface area contributed by atoms with Crippen LogP contribution in [-0.4, -0.2) is 33.9 Å². The average Bonchev–Trinajstić information content (AvgIpc) is 3.03. The molecule has 1 amide bonds. The van der Waals surface area contributed by atoms with Crippen LogP contribution in [0.3, 0.4) is 0 Å². The molecular weight excluding hydrogens is 302 g/mol. The predicted octanol–water partition coefficient (Wildman–Crippen LogP) is 2.53. The van der Waals surface area contributed by atoms with Gasteiger partial charge in [0.05, 0.1) is 0 Å². The first-order valence-corrected chi connectivity index (χ1v) is 7.79. The Bertz CT molecular complexity index is 855. The van der Waals surface area contributed by atoms with Gasteiger partial charge in [0, 0.05) is 36.4 Å². The summed E-state index contributed by atoms with van der Waals surface area (Å²) in [6, 6.07) is 9.72. The van der Waals surface area contributed by atoms with Crippen molar-refractivity contribution < 1.29 is 4.79 Å². The summed E-state index contributed by atoms with van der Waals surface area (Å²) in [5.41, 5.74) is 2.63. The standard InChI is InChI=1S/C18H19N5O/c1-2-9-20-18-21-11-8-16(23-18)17(24)19-10-7-13-12-22-15-6-4-3-5-14(13)15/h2-6,8,11-12,22H,1,7,9-10H2,(H,19,24)(H,20,21,23). The van der Waals surface area contributed by atoms with Crippen molar-refractivity contribution in [2.75, 3.05) is 18.4 Å². The fourth-order valence-electron chi connectivity index (χ4n) is 2.47. The molecule has 0 unspecified atom stereocenters. The molecule has 0 atom stereocenters. The lowest BCUT2D eigenvalue weighted by Gasteiger charge is -2.06. The van der Waals surface area contributed by atoms with E-state index in [0.717, 1.165) is 11.9 Å². The molecule has 0 saturated heterocycles. The summed E-state index contributed by atoms with van der Waals surface area (Å²) in [5.74, 6) is 0.207. The van der Waals surface area contributed by atoms with Gasteiger partial charge in [0.2, 0.25) is 5.95 Å². The van der Waals surface area contributed by atoms with Gasteiger partial charge in [-0.25, -0.2) is 9.97 Å². The molecule has 2 aromatic heterocycles. The maximum atomic E-state index is 12.2. The van der Waals surface area contributed by atoms with Crippen LogP contribution in [0, 0.1) is 0 Å². The van der Waals surface area contributed by atoms with Crippen molar-refractivity contribution in [2.24, 2.45) is 0 Å². The number of fused-ring (bicyclic) bond motifs is 1. The fraction of sp³-hybridized carbons (Fsp3) is 0.167. The fourth-order valence-corrected chi connectivity index (χ4v) is 2.47. The number of benzene rings is 1. The molecule has 3 rings (SSSR count). The third-order valence-electron chi connectivity index (χ3n) is 3.65. The van der Waals surface area contributed by atoms with E-state index in [0.29, 0.717) is 24.7 Å². The SMILES string of the molecule is C=CCNc1nccc(C(=O)NCCc2c[nH]c3ccccc23)n1. The van der Waals surface area contributed by atoms with Gasteiger partial charge in [-0.2, -0.15) is 0 Å². The Balaban J connectivity index is 1.58. The van der Waals surface area contributed by atoms with Gasteiger partial charge in [0.1, 0.15) is 5.69 Å². The lowest BCUT2D eigenvalue weighted by molar-refractivity contribution is 0.0949. The monoisotopic (exact) mass is 321 g/mol. The van der Waals surface area contributed by atoms with Gasteiger partial charge in [-0.05, 0) is 24.1 Å². The lowest BCUT2D eigenvalue weighted by atomic mass is 10.1. The molecule has 24 heavy (non-hydrogen) atoms. The summed E-state index contributed by atoms with van der Waals surface area (Å²) < 4.78 is 0. The zero-order valence-electron chi connectivity index (χ0n) is 13.2. The molecule has 0 aliphatic carbocycles. The summed E-state index contributed by atoms with van der Waals surface area (Å²) in [6.07, 6.45) is 6.01. The summed E-state index contributed by atoms with van der Waals surface area (Å²) in [6.45, 7) is 4.71. The van der Waals surface area contributed by atoms with E-state index in [9.17, 15) is 4.79 Å². The number of carbonyl (C=O) groups is 1. The second kappa shape index (κ2) is 7.41. The molecule has 122 valence electrons. The molecule has 6 nitrogen and oxygen atoms in total. The van der Waals surface area contributed by atoms with Crippen molar-refractivity contribution in [3.05, 3.63) is 66.6 Å². The van der Waals surface area contributed by atoms with Gasteiger partial charge in [0.25, 0.3) is 5.91 Å². The van der Waals surface area contributed by atoms with E-state index in [1.165, 1.54) is 10.9 Å². The highest BCUT2D eigenvalue weighted by atomic mass is 16.1. The van der Waals surface area contributed by atoms with E-state index >= 15 is 0 Å². The topological polar surface area (TPSA) is 82.7 Å². The number of para-hydroxylation sites is 1. The summed E-state index contributed by atoms with van der Waals surface area (Å²) in [4.78, 5) is 23.7. The number of amides is 1. The second-order valence-corrected chi connectivity index (χ2v) is 5.30. The highest BCUT2D eigenvalue weighted by molar-refractivity contribution is 5.92. The average molecular weight is 321 g/mol. The molecule has 0 bridgehead atoms. The quantitative estimate of drug-likeness (QED) is 0.584. The predicted molar refractivity (Wildman–Crippen MR) is 95.1 cm³/mol. The molecule has 0 radical (unpaired) electrons. The van der Waals surface area contributed by atoms with E-state index in [1.807, 2.05) is 24.4 Å². The first-order valence-electron chi connectivity index (χ1n) is 7.79. The van der Waals surface area contributed by atoms with Crippen molar-refractivity contribution in [1.29, 1.82) is 0 Å². The maximum absolute atomic E-state index is 12.2. The number of nitrogens with zero attached hydrogens (tertiary/aromatic N) is 2. The van der Waals surface area contributed by atoms with Crippen LogP contribution in [0.25, 0.3) is 10.9 Å². The summed E-state index contributed by atoms with van der Waals surface area (Å²) in [5, 5.41) is 7.04. The Kier molecular flexibility index (Phi) is 4.86. The molecule has 0 saturated carbocycles. The van der Waals surface area contributed by atoms with E-state index < -0.39 is 0 Å². The first kappa shape index (κ1) is 15.7. The van der Waals surface area contributed by atoms with E-state index in [2.05, 4.69) is 38.2 Å². The molecule has 0 spiro atoms. The highest BCUT2D eigenvalue weighted by Crippen LogP contribution is 2.17. The third kappa shape index (κ3) is 3.60. The van der Waals surface area contributed by atoms with E-state index in [4.69, 9.17) is 0 Å². The zero-order valence-corrected chi connectivity index (χ0v) is 13.2. The largest absolute Gasteiger partial charge is 0.361 e. The van der Waals surface area contributed by atoms with Crippen molar-refractivity contribution in [1.82, 2.24) is 20.3 Å². The minimum Gasteiger partial charge on any atom is -0.361 e. The molecule has 0 aliphatic rings. The molecule has 2 heterocycles. The van der Waals surface area contributed by atoms with Crippen LogP contribution in [0.4, 0.5) is 5.95 Å². The van der Waals surface area contributed by atoms with Crippen molar-refractivity contribution >= 4 is 22.8 Å². The zero-order chi connectivity index (χ0) is 16.8. The molecule has 0 fully saturated rings. The number of rotatable bonds is 7. The van der Waals surface area contributed by atoms with E-state index in [-0.39, 0.29) is 5.91 Å². The molecule has 6 heteroatoms. The number of hydrogen-bond acceptors (Lipinski definition) is 4. The Labute approximate surface area is 140 Å². The minimum atomic E-state index is -0.209. The normalized spacial score (nSPS) is 10.5. The van der Waals surface area contributed by atoms with Gasteiger partial charge >= 0.3 is 0 Å². The summed E-state index contributed by atoms with van der Waals surface area (Å²) in [7, 11) is 0. The number of aromatic amines is 1. The van der Waals surface area contributed by atoms with Gasteiger partial charge < -0.3 is 15.6 Å². The first-order chi connectivity index (χ1) is 11.8. The molecule has 3 aromatic rings. The van der Waals surface area contributed by atoms with Crippen LogP contribution in [0.5, 0.6) is 0 Å². The molecule has 1 aromatic carbocycles. The van der Waals surface area contributed by atoms with E-state index in [1.54, 1.807) is 18.3 Å². The van der Waals surface area contributed by atoms with Gasteiger partial charge in [-0.1, -0.05) is 24.3 Å². The second-order valence-electron chi connectivity index (χ2n) is 5.30. The molecule has 0 aliphatic heterocycles. The number of aromatic nitrogens is 3. The maximum Gasteiger partial charge on any atom is 0.270 e. The van der Waals surface area contributed by atoms with Gasteiger partial charge in [-0.3, -0.25) is 4.79 Å². The minimum absolute atomic E-state index is 0.209. The third-order valence-corrected chi connectivity index (χ3v) is 3.65. The van der Waals surface area contributed by atoms with Gasteiger partial charge in [0.15, 0.2) is 0 Å². The Morgan fingerprint density at radius 1 is 1.29 bits per heavy atom. The number of hydrogen-bond donors (Lipinski definition) is 3. The van der Waals surface area contributed by atoms with Gasteiger partial charge in [-0.15, -0.1) is 6.58 Å². The Morgan fingerprint density at radius 2 is 2.17 bits per heavy atom. The molecule has 3 N–H and O–H groups in total. The van der Waals surface area contributed by atoms with Crippen LogP contribution in [-0.2, 0) is 6.42 Å². The van der Waals surface area contributed by atoms with Crippen LogP contribution >= 0.6 is 0 Å². The highest BCUT2D eigenvalue weighted by Gasteiger charge is 2.09. The lowest BCUT2D eigenvalue weighted by Crippen LogP contribution is -2.26. The van der Waals surface area contributed by atoms with Crippen molar-refractivity contribution in [3.8, 4) is 0 Å². The van der Waals surface area contributed by atoms with Crippen LogP contribution in [0.15, 0.2) is 55.4 Å². The number of nitrogens with one attached hydrogen (secondary N) is 3. The van der Waals surface area contributed by atoms with Crippen LogP contribution in [0.2, 0.25) is 0 Å². The smallest absolute Gasteiger partial charge is 0.270 e. The number of carbonyl (C=O) groups excluding carboxylic acids is 1.